The average molecular weight is 379 g/mol. The van der Waals surface area contributed by atoms with Gasteiger partial charge in [0.25, 0.3) is 0 Å². The number of hydrogen-bond donors (Lipinski definition) is 1. The molecule has 3 aliphatic carbocycles. The number of nitrogens with one attached hydrogen (secondary N) is 1. The maximum atomic E-state index is 12.0. The van der Waals surface area contributed by atoms with Crippen molar-refractivity contribution in [2.24, 2.45) is 28.6 Å². The van der Waals surface area contributed by atoms with Crippen LogP contribution in [0.3, 0.4) is 0 Å². The number of hydrogen-bond acceptors (Lipinski definition) is 4. The van der Waals surface area contributed by atoms with Crippen LogP contribution < -0.4 is 10.1 Å². The summed E-state index contributed by atoms with van der Waals surface area (Å²) in [6, 6.07) is 4.13. The molecule has 1 N–H and O–H groups in total. The highest BCUT2D eigenvalue weighted by atomic mass is 16.5. The summed E-state index contributed by atoms with van der Waals surface area (Å²) in [6.07, 6.45) is 11.6. The van der Waals surface area contributed by atoms with E-state index >= 15 is 0 Å². The van der Waals surface area contributed by atoms with Gasteiger partial charge in [-0.25, -0.2) is 4.98 Å². The zero-order chi connectivity index (χ0) is 19.5. The van der Waals surface area contributed by atoms with Crippen LogP contribution in [0.1, 0.15) is 51.5 Å². The van der Waals surface area contributed by atoms with Crippen LogP contribution in [0.5, 0.6) is 5.88 Å². The van der Waals surface area contributed by atoms with Gasteiger partial charge in [-0.15, -0.1) is 0 Å². The van der Waals surface area contributed by atoms with Crippen molar-refractivity contribution in [3.8, 4) is 5.88 Å². The lowest BCUT2D eigenvalue weighted by Crippen LogP contribution is -2.56. The van der Waals surface area contributed by atoms with Crippen LogP contribution in [-0.2, 0) is 4.79 Å². The van der Waals surface area contributed by atoms with Gasteiger partial charge in [-0.1, -0.05) is 19.9 Å². The molecule has 28 heavy (non-hydrogen) atoms. The van der Waals surface area contributed by atoms with Crippen molar-refractivity contribution in [1.29, 1.82) is 0 Å². The molecule has 4 heteroatoms. The van der Waals surface area contributed by atoms with Gasteiger partial charge in [0.15, 0.2) is 5.78 Å². The molecular weight excluding hydrogens is 348 g/mol. The van der Waals surface area contributed by atoms with Crippen LogP contribution in [0, 0.1) is 28.6 Å². The predicted octanol–water partition coefficient (Wildman–Crippen LogP) is 4.38. The summed E-state index contributed by atoms with van der Waals surface area (Å²) in [5.41, 5.74) is 4.27. The number of allylic oxidation sites excluding steroid dienone is 4. The van der Waals surface area contributed by atoms with Gasteiger partial charge in [-0.05, 0) is 66.1 Å². The van der Waals surface area contributed by atoms with Gasteiger partial charge in [0.1, 0.15) is 0 Å². The number of carbonyl (C=O) groups is 1. The van der Waals surface area contributed by atoms with Crippen molar-refractivity contribution in [3.63, 3.8) is 0 Å². The van der Waals surface area contributed by atoms with Gasteiger partial charge >= 0.3 is 0 Å². The van der Waals surface area contributed by atoms with Crippen molar-refractivity contribution in [3.05, 3.63) is 41.7 Å². The summed E-state index contributed by atoms with van der Waals surface area (Å²) in [7, 11) is 1.66. The molecule has 1 aromatic rings. The second-order valence-electron chi connectivity index (χ2n) is 9.60. The topological polar surface area (TPSA) is 51.2 Å². The van der Waals surface area contributed by atoms with E-state index in [1.54, 1.807) is 7.11 Å². The first kappa shape index (κ1) is 18.0. The maximum Gasteiger partial charge on any atom is 0.212 e. The molecule has 1 aromatic heterocycles. The van der Waals surface area contributed by atoms with Gasteiger partial charge in [0, 0.05) is 42.4 Å². The van der Waals surface area contributed by atoms with Crippen molar-refractivity contribution in [1.82, 2.24) is 10.3 Å². The third-order valence-corrected chi connectivity index (χ3v) is 8.43. The third kappa shape index (κ3) is 2.42. The zero-order valence-electron chi connectivity index (χ0n) is 17.1. The van der Waals surface area contributed by atoms with Crippen molar-refractivity contribution >= 4 is 11.4 Å². The van der Waals surface area contributed by atoms with Gasteiger partial charge in [0.05, 0.1) is 7.11 Å². The Morgan fingerprint density at radius 2 is 2.04 bits per heavy atom. The smallest absolute Gasteiger partial charge is 0.212 e. The number of nitrogens with zero attached hydrogens (tertiary/aromatic N) is 1. The van der Waals surface area contributed by atoms with E-state index in [1.807, 2.05) is 18.3 Å². The molecule has 0 radical (unpaired) electrons. The summed E-state index contributed by atoms with van der Waals surface area (Å²) >= 11 is 0. The van der Waals surface area contributed by atoms with E-state index in [0.717, 1.165) is 19.4 Å². The number of rotatable bonds is 2. The van der Waals surface area contributed by atoms with E-state index < -0.39 is 0 Å². The fourth-order valence-electron chi connectivity index (χ4n) is 6.82. The molecule has 4 aliphatic rings. The zero-order valence-corrected chi connectivity index (χ0v) is 17.1. The Morgan fingerprint density at radius 3 is 2.79 bits per heavy atom. The number of pyridine rings is 1. The summed E-state index contributed by atoms with van der Waals surface area (Å²) in [5.74, 6) is 2.95. The van der Waals surface area contributed by atoms with Crippen LogP contribution in [0.25, 0.3) is 5.57 Å². The molecule has 0 spiro atoms. The number of fused-ring (bicyclic) bond motifs is 5. The first-order valence-corrected chi connectivity index (χ1v) is 10.7. The molecule has 1 saturated carbocycles. The third-order valence-electron chi connectivity index (χ3n) is 8.43. The van der Waals surface area contributed by atoms with Gasteiger partial charge in [0.2, 0.25) is 5.88 Å². The largest absolute Gasteiger partial charge is 0.481 e. The molecular formula is C24H30N2O2. The minimum absolute atomic E-state index is 0.141. The number of ketones is 1. The molecule has 4 nitrogen and oxygen atoms in total. The fourth-order valence-corrected chi connectivity index (χ4v) is 6.82. The van der Waals surface area contributed by atoms with E-state index in [4.69, 9.17) is 4.74 Å². The summed E-state index contributed by atoms with van der Waals surface area (Å²) in [4.78, 5) is 16.4. The molecule has 0 amide bonds. The first-order valence-electron chi connectivity index (χ1n) is 10.7. The average Bonchev–Trinajstić information content (AvgIpc) is 3.06. The maximum absolute atomic E-state index is 12.0. The Labute approximate surface area is 167 Å². The van der Waals surface area contributed by atoms with E-state index in [1.165, 1.54) is 29.7 Å². The normalized spacial score (nSPS) is 39.1. The molecule has 1 aliphatic heterocycles. The van der Waals surface area contributed by atoms with Crippen LogP contribution in [-0.4, -0.2) is 24.4 Å². The predicted molar refractivity (Wildman–Crippen MR) is 110 cm³/mol. The minimum atomic E-state index is 0.141. The highest BCUT2D eigenvalue weighted by Crippen LogP contribution is 2.64. The minimum Gasteiger partial charge on any atom is -0.481 e. The molecule has 148 valence electrons. The monoisotopic (exact) mass is 378 g/mol. The highest BCUT2D eigenvalue weighted by molar-refractivity contribution is 5.91. The second kappa shape index (κ2) is 6.20. The fraction of sp³-hybridized carbons (Fsp3) is 0.583. The Balaban J connectivity index is 1.45. The molecule has 0 unspecified atom stereocenters. The summed E-state index contributed by atoms with van der Waals surface area (Å²) in [6.45, 7) is 5.87. The Hall–Kier alpha value is -2.10. The summed E-state index contributed by atoms with van der Waals surface area (Å²) < 4.78 is 5.24. The van der Waals surface area contributed by atoms with Crippen molar-refractivity contribution in [2.45, 2.75) is 46.0 Å². The SMILES string of the molecule is COc1ccc(C2=CC[C@H]3[C@@H]4CNC5=CC(=O)CC[C@]5(C)[C@H]4CC[C@]23C)cn1. The molecule has 5 rings (SSSR count). The molecule has 1 saturated heterocycles. The van der Waals surface area contributed by atoms with Crippen LogP contribution in [0.15, 0.2) is 36.2 Å². The van der Waals surface area contributed by atoms with E-state index in [0.29, 0.717) is 30.1 Å². The number of carbonyl (C=O) groups excluding carboxylic acids is 1. The number of piperidine rings is 1. The van der Waals surface area contributed by atoms with Crippen molar-refractivity contribution < 1.29 is 9.53 Å². The van der Waals surface area contributed by atoms with Crippen LogP contribution in [0.4, 0.5) is 0 Å². The van der Waals surface area contributed by atoms with Crippen LogP contribution >= 0.6 is 0 Å². The van der Waals surface area contributed by atoms with E-state index in [2.05, 4.69) is 36.3 Å². The Bertz CT molecular complexity index is 871. The molecule has 5 atom stereocenters. The van der Waals surface area contributed by atoms with Crippen LogP contribution in [0.2, 0.25) is 0 Å². The van der Waals surface area contributed by atoms with E-state index in [-0.39, 0.29) is 16.6 Å². The number of ether oxygens (including phenoxy) is 1. The Kier molecular flexibility index (Phi) is 3.98. The quantitative estimate of drug-likeness (QED) is 0.830. The Morgan fingerprint density at radius 1 is 1.18 bits per heavy atom. The second-order valence-corrected chi connectivity index (χ2v) is 9.60. The van der Waals surface area contributed by atoms with Crippen molar-refractivity contribution in [2.75, 3.05) is 13.7 Å². The van der Waals surface area contributed by atoms with Gasteiger partial charge < -0.3 is 10.1 Å². The number of methoxy groups -OCH3 is 1. The summed E-state index contributed by atoms with van der Waals surface area (Å²) in [5, 5.41) is 3.68. The lowest BCUT2D eigenvalue weighted by molar-refractivity contribution is -0.117. The lowest BCUT2D eigenvalue weighted by atomic mass is 9.50. The van der Waals surface area contributed by atoms with E-state index in [9.17, 15) is 4.79 Å². The molecule has 2 fully saturated rings. The standard InChI is InChI=1S/C24H30N2O2/c1-23-11-9-20-17(14-25-21-12-16(27)8-10-24(20,21)2)19(23)6-5-18(23)15-4-7-22(28-3)26-13-15/h4-5,7,12-13,17,19-20,25H,6,8-11,14H2,1-3H3/t17-,19-,20-,23+,24+/m0/s1. The van der Waals surface area contributed by atoms with Gasteiger partial charge in [-0.2, -0.15) is 0 Å². The highest BCUT2D eigenvalue weighted by Gasteiger charge is 2.57. The molecule has 0 aromatic carbocycles. The first-order chi connectivity index (χ1) is 13.5. The molecule has 2 heterocycles. The lowest BCUT2D eigenvalue weighted by Gasteiger charge is -2.58. The van der Waals surface area contributed by atoms with Gasteiger partial charge in [-0.3, -0.25) is 4.79 Å². The molecule has 0 bridgehead atoms. The number of aromatic nitrogens is 1.